The van der Waals surface area contributed by atoms with E-state index in [1.54, 1.807) is 0 Å². The summed E-state index contributed by atoms with van der Waals surface area (Å²) >= 11 is 0. The fourth-order valence-corrected chi connectivity index (χ4v) is 6.15. The van der Waals surface area contributed by atoms with Gasteiger partial charge < -0.3 is 21.0 Å². The van der Waals surface area contributed by atoms with Gasteiger partial charge in [0.25, 0.3) is 0 Å². The maximum Gasteiger partial charge on any atom is 0.227 e. The van der Waals surface area contributed by atoms with Crippen molar-refractivity contribution in [3.63, 3.8) is 0 Å². The highest BCUT2D eigenvalue weighted by atomic mass is 15.5. The zero-order chi connectivity index (χ0) is 23.6. The number of hydrazine groups is 1. The molecule has 3 heterocycles. The van der Waals surface area contributed by atoms with Crippen molar-refractivity contribution in [3.8, 4) is 0 Å². The summed E-state index contributed by atoms with van der Waals surface area (Å²) in [5.74, 6) is 2.17. The molecular formula is C27H38N8. The number of hydrogen-bond donors (Lipinski definition) is 3. The Balaban J connectivity index is 1.23. The number of imidazole rings is 1. The highest BCUT2D eigenvalue weighted by molar-refractivity contribution is 5.84. The summed E-state index contributed by atoms with van der Waals surface area (Å²) in [7, 11) is 0. The SMILES string of the molecule is NC1CCC(Nc2nc(NN3CC[C@@H](Cc4ccccc4)C3)c3ncn(C4CCCC4)c3n2)CC1. The topological polar surface area (TPSA) is 96.9 Å². The molecule has 1 aromatic carbocycles. The fraction of sp³-hybridized carbons (Fsp3) is 0.593. The molecule has 0 bridgehead atoms. The summed E-state index contributed by atoms with van der Waals surface area (Å²) in [5, 5.41) is 5.94. The van der Waals surface area contributed by atoms with E-state index in [1.807, 2.05) is 6.33 Å². The van der Waals surface area contributed by atoms with E-state index in [0.29, 0.717) is 30.0 Å². The molecule has 2 aliphatic carbocycles. The molecule has 0 radical (unpaired) electrons. The molecule has 1 atom stereocenters. The number of rotatable bonds is 7. The van der Waals surface area contributed by atoms with E-state index in [-0.39, 0.29) is 0 Å². The molecule has 0 spiro atoms. The van der Waals surface area contributed by atoms with E-state index in [2.05, 4.69) is 50.7 Å². The fourth-order valence-electron chi connectivity index (χ4n) is 6.15. The van der Waals surface area contributed by atoms with Gasteiger partial charge in [-0.3, -0.25) is 0 Å². The molecule has 3 aliphatic rings. The molecule has 1 aliphatic heterocycles. The van der Waals surface area contributed by atoms with Gasteiger partial charge in [-0.05, 0) is 62.8 Å². The van der Waals surface area contributed by atoms with Crippen molar-refractivity contribution in [1.29, 1.82) is 0 Å². The number of aromatic nitrogens is 4. The molecule has 186 valence electrons. The molecule has 2 saturated carbocycles. The van der Waals surface area contributed by atoms with Crippen LogP contribution in [-0.2, 0) is 6.42 Å². The molecule has 8 nitrogen and oxygen atoms in total. The number of anilines is 2. The van der Waals surface area contributed by atoms with E-state index in [0.717, 1.165) is 62.2 Å². The van der Waals surface area contributed by atoms with Crippen LogP contribution in [0.3, 0.4) is 0 Å². The van der Waals surface area contributed by atoms with Crippen LogP contribution in [0.4, 0.5) is 11.8 Å². The summed E-state index contributed by atoms with van der Waals surface area (Å²) in [6, 6.07) is 12.0. The number of benzene rings is 1. The number of hydrogen-bond acceptors (Lipinski definition) is 7. The maximum absolute atomic E-state index is 6.13. The Bertz CT molecular complexity index is 1110. The highest BCUT2D eigenvalue weighted by Gasteiger charge is 2.27. The van der Waals surface area contributed by atoms with Gasteiger partial charge in [0.1, 0.15) is 0 Å². The summed E-state index contributed by atoms with van der Waals surface area (Å²) in [4.78, 5) is 14.7. The van der Waals surface area contributed by atoms with Crippen molar-refractivity contribution in [2.45, 2.75) is 82.3 Å². The average molecular weight is 475 g/mol. The molecule has 4 N–H and O–H groups in total. The van der Waals surface area contributed by atoms with Crippen molar-refractivity contribution >= 4 is 22.9 Å². The zero-order valence-corrected chi connectivity index (χ0v) is 20.6. The molecule has 0 unspecified atom stereocenters. The van der Waals surface area contributed by atoms with Crippen molar-refractivity contribution < 1.29 is 0 Å². The van der Waals surface area contributed by atoms with Gasteiger partial charge in [0, 0.05) is 31.2 Å². The number of nitrogens with one attached hydrogen (secondary N) is 2. The van der Waals surface area contributed by atoms with E-state index < -0.39 is 0 Å². The van der Waals surface area contributed by atoms with Crippen LogP contribution in [0.1, 0.15) is 69.4 Å². The van der Waals surface area contributed by atoms with Crippen LogP contribution in [-0.4, -0.2) is 49.7 Å². The Morgan fingerprint density at radius 3 is 2.54 bits per heavy atom. The van der Waals surface area contributed by atoms with Gasteiger partial charge in [0.15, 0.2) is 17.0 Å². The molecular weight excluding hydrogens is 436 g/mol. The molecule has 6 rings (SSSR count). The summed E-state index contributed by atoms with van der Waals surface area (Å²) in [5.41, 5.74) is 13.0. The lowest BCUT2D eigenvalue weighted by atomic mass is 9.92. The normalized spacial score (nSPS) is 25.9. The van der Waals surface area contributed by atoms with Crippen LogP contribution in [0, 0.1) is 5.92 Å². The lowest BCUT2D eigenvalue weighted by molar-refractivity contribution is 0.386. The van der Waals surface area contributed by atoms with Crippen LogP contribution in [0.15, 0.2) is 36.7 Å². The Labute approximate surface area is 207 Å². The lowest BCUT2D eigenvalue weighted by Gasteiger charge is -2.27. The number of nitrogens with zero attached hydrogens (tertiary/aromatic N) is 5. The molecule has 0 amide bonds. The van der Waals surface area contributed by atoms with Gasteiger partial charge in [-0.1, -0.05) is 43.2 Å². The maximum atomic E-state index is 6.13. The lowest BCUT2D eigenvalue weighted by Crippen LogP contribution is -2.33. The second kappa shape index (κ2) is 10.1. The van der Waals surface area contributed by atoms with E-state index in [1.165, 1.54) is 37.7 Å². The van der Waals surface area contributed by atoms with Gasteiger partial charge >= 0.3 is 0 Å². The molecule has 2 aromatic heterocycles. The monoisotopic (exact) mass is 474 g/mol. The van der Waals surface area contributed by atoms with E-state index >= 15 is 0 Å². The van der Waals surface area contributed by atoms with Crippen LogP contribution in [0.25, 0.3) is 11.2 Å². The van der Waals surface area contributed by atoms with Gasteiger partial charge in [-0.15, -0.1) is 0 Å². The first-order chi connectivity index (χ1) is 17.2. The molecule has 35 heavy (non-hydrogen) atoms. The first kappa shape index (κ1) is 22.7. The van der Waals surface area contributed by atoms with Crippen molar-refractivity contribution in [1.82, 2.24) is 24.5 Å². The van der Waals surface area contributed by atoms with Gasteiger partial charge in [0.2, 0.25) is 5.95 Å². The Kier molecular flexibility index (Phi) is 6.57. The van der Waals surface area contributed by atoms with Crippen LogP contribution >= 0.6 is 0 Å². The van der Waals surface area contributed by atoms with E-state index in [4.69, 9.17) is 20.7 Å². The average Bonchev–Trinajstić information content (AvgIpc) is 3.63. The highest BCUT2D eigenvalue weighted by Crippen LogP contribution is 2.34. The first-order valence-electron chi connectivity index (χ1n) is 13.5. The Morgan fingerprint density at radius 2 is 1.74 bits per heavy atom. The second-order valence-electron chi connectivity index (χ2n) is 10.8. The third-order valence-electron chi connectivity index (χ3n) is 8.16. The largest absolute Gasteiger partial charge is 0.351 e. The Hall–Kier alpha value is -2.71. The molecule has 1 saturated heterocycles. The first-order valence-corrected chi connectivity index (χ1v) is 13.5. The summed E-state index contributed by atoms with van der Waals surface area (Å²) < 4.78 is 2.29. The smallest absolute Gasteiger partial charge is 0.227 e. The second-order valence-corrected chi connectivity index (χ2v) is 10.8. The molecule has 8 heteroatoms. The van der Waals surface area contributed by atoms with Crippen molar-refractivity contribution in [2.75, 3.05) is 23.8 Å². The molecule has 3 fully saturated rings. The van der Waals surface area contributed by atoms with Crippen LogP contribution in [0.5, 0.6) is 0 Å². The quantitative estimate of drug-likeness (QED) is 0.463. The number of fused-ring (bicyclic) bond motifs is 1. The van der Waals surface area contributed by atoms with Crippen molar-refractivity contribution in [3.05, 3.63) is 42.2 Å². The van der Waals surface area contributed by atoms with Gasteiger partial charge in [0.05, 0.1) is 6.33 Å². The Morgan fingerprint density at radius 1 is 0.943 bits per heavy atom. The zero-order valence-electron chi connectivity index (χ0n) is 20.6. The minimum absolute atomic E-state index is 0.330. The molecule has 3 aromatic rings. The van der Waals surface area contributed by atoms with Crippen LogP contribution < -0.4 is 16.5 Å². The van der Waals surface area contributed by atoms with Crippen LogP contribution in [0.2, 0.25) is 0 Å². The summed E-state index contributed by atoms with van der Waals surface area (Å²) in [6.07, 6.45) is 13.5. The standard InChI is InChI=1S/C27H38N8/c28-21-10-12-22(13-11-21)30-27-31-25(24-26(32-27)35(18-29-24)23-8-4-5-9-23)33-34-15-14-20(17-34)16-19-6-2-1-3-7-19/h1-3,6-7,18,20-23H,4-5,8-17,28H2,(H2,30,31,32,33)/t20-,21?,22?/m0/s1. The van der Waals surface area contributed by atoms with Gasteiger partial charge in [-0.2, -0.15) is 9.97 Å². The third kappa shape index (κ3) is 5.14. The van der Waals surface area contributed by atoms with Gasteiger partial charge in [-0.25, -0.2) is 9.99 Å². The third-order valence-corrected chi connectivity index (χ3v) is 8.16. The minimum atomic E-state index is 0.330. The minimum Gasteiger partial charge on any atom is -0.351 e. The van der Waals surface area contributed by atoms with Crippen molar-refractivity contribution in [2.24, 2.45) is 11.7 Å². The predicted octanol–water partition coefficient (Wildman–Crippen LogP) is 4.51. The predicted molar refractivity (Wildman–Crippen MR) is 140 cm³/mol. The van der Waals surface area contributed by atoms with E-state index in [9.17, 15) is 0 Å². The summed E-state index contributed by atoms with van der Waals surface area (Å²) in [6.45, 7) is 2.02. The number of nitrogens with two attached hydrogens (primary N) is 1.